The molecule has 21 heavy (non-hydrogen) atoms. The topological polar surface area (TPSA) is 79.0 Å². The number of nitrogens with two attached hydrogens (primary N) is 1. The molecule has 0 spiro atoms. The molecule has 0 aliphatic heterocycles. The Morgan fingerprint density at radius 3 is 2.71 bits per heavy atom. The van der Waals surface area contributed by atoms with Crippen LogP contribution in [0, 0.1) is 0 Å². The Kier molecular flexibility index (Phi) is 6.29. The van der Waals surface area contributed by atoms with Gasteiger partial charge in [0.15, 0.2) is 0 Å². The van der Waals surface area contributed by atoms with Crippen LogP contribution >= 0.6 is 0 Å². The van der Waals surface area contributed by atoms with E-state index in [1.165, 1.54) is 19.3 Å². The fourth-order valence-electron chi connectivity index (χ4n) is 2.57. The third kappa shape index (κ3) is 4.88. The van der Waals surface area contributed by atoms with Crippen LogP contribution in [0.2, 0.25) is 0 Å². The maximum atomic E-state index is 10.2. The van der Waals surface area contributed by atoms with E-state index in [-0.39, 0.29) is 13.2 Å². The van der Waals surface area contributed by atoms with Crippen molar-refractivity contribution >= 4 is 5.69 Å². The lowest BCUT2D eigenvalue weighted by Crippen LogP contribution is -2.46. The van der Waals surface area contributed by atoms with Crippen LogP contribution in [0.1, 0.15) is 25.7 Å². The second kappa shape index (κ2) is 8.22. The van der Waals surface area contributed by atoms with E-state index < -0.39 is 6.10 Å². The molecular weight excluding hydrogens is 268 g/mol. The van der Waals surface area contributed by atoms with Crippen LogP contribution < -0.4 is 10.5 Å². The molecule has 5 heteroatoms. The molecule has 0 bridgehead atoms. The predicted octanol–water partition coefficient (Wildman–Crippen LogP) is 1.25. The summed E-state index contributed by atoms with van der Waals surface area (Å²) >= 11 is 0. The van der Waals surface area contributed by atoms with E-state index in [0.717, 1.165) is 13.0 Å². The number of hydrogen-bond donors (Lipinski definition) is 3. The van der Waals surface area contributed by atoms with Gasteiger partial charge < -0.3 is 20.7 Å². The van der Waals surface area contributed by atoms with Crippen molar-refractivity contribution in [3.8, 4) is 5.75 Å². The van der Waals surface area contributed by atoms with Gasteiger partial charge in [0.1, 0.15) is 18.5 Å². The lowest BCUT2D eigenvalue weighted by atomic mass is 9.91. The van der Waals surface area contributed by atoms with Crippen LogP contribution in [0.25, 0.3) is 0 Å². The molecule has 1 saturated carbocycles. The fraction of sp³-hybridized carbons (Fsp3) is 0.625. The number of hydrogen-bond acceptors (Lipinski definition) is 5. The van der Waals surface area contributed by atoms with Gasteiger partial charge in [0.2, 0.25) is 0 Å². The fourth-order valence-corrected chi connectivity index (χ4v) is 2.57. The zero-order valence-electron chi connectivity index (χ0n) is 12.4. The first-order valence-corrected chi connectivity index (χ1v) is 7.71. The summed E-state index contributed by atoms with van der Waals surface area (Å²) in [6.07, 6.45) is 3.82. The summed E-state index contributed by atoms with van der Waals surface area (Å²) in [6, 6.07) is 7.85. The summed E-state index contributed by atoms with van der Waals surface area (Å²) in [5, 5.41) is 19.1. The minimum absolute atomic E-state index is 0.191. The van der Waals surface area contributed by atoms with Crippen molar-refractivity contribution in [1.82, 2.24) is 4.90 Å². The molecule has 1 aromatic carbocycles. The maximum absolute atomic E-state index is 10.2. The second-order valence-corrected chi connectivity index (χ2v) is 5.66. The number of aliphatic hydroxyl groups is 2. The molecule has 1 aromatic rings. The van der Waals surface area contributed by atoms with Gasteiger partial charge in [-0.2, -0.15) is 0 Å². The van der Waals surface area contributed by atoms with Gasteiger partial charge in [0.05, 0.1) is 5.69 Å². The third-order valence-corrected chi connectivity index (χ3v) is 3.99. The molecule has 0 radical (unpaired) electrons. The molecule has 0 saturated heterocycles. The highest BCUT2D eigenvalue weighted by atomic mass is 16.5. The Hall–Kier alpha value is -1.30. The number of nitrogen functional groups attached to an aromatic ring is 1. The summed E-state index contributed by atoms with van der Waals surface area (Å²) in [5.74, 6) is 0.613. The third-order valence-electron chi connectivity index (χ3n) is 3.99. The average Bonchev–Trinajstić information content (AvgIpc) is 2.42. The minimum Gasteiger partial charge on any atom is -0.489 e. The van der Waals surface area contributed by atoms with Crippen LogP contribution in [-0.4, -0.2) is 53.6 Å². The van der Waals surface area contributed by atoms with Crippen LogP contribution in [0.15, 0.2) is 24.3 Å². The molecule has 2 rings (SSSR count). The highest BCUT2D eigenvalue weighted by Crippen LogP contribution is 2.25. The van der Waals surface area contributed by atoms with Crippen molar-refractivity contribution in [3.05, 3.63) is 24.3 Å². The Bertz CT molecular complexity index is 424. The van der Waals surface area contributed by atoms with Gasteiger partial charge in [0.25, 0.3) is 0 Å². The molecule has 5 nitrogen and oxygen atoms in total. The Morgan fingerprint density at radius 1 is 1.33 bits per heavy atom. The summed E-state index contributed by atoms with van der Waals surface area (Å²) < 4.78 is 5.58. The number of aliphatic hydroxyl groups excluding tert-OH is 2. The summed E-state index contributed by atoms with van der Waals surface area (Å²) in [5.41, 5.74) is 6.39. The van der Waals surface area contributed by atoms with Crippen molar-refractivity contribution in [1.29, 1.82) is 0 Å². The summed E-state index contributed by atoms with van der Waals surface area (Å²) in [7, 11) is 0. The molecule has 118 valence electrons. The van der Waals surface area contributed by atoms with Crippen LogP contribution in [0.3, 0.4) is 0 Å². The number of nitrogens with zero attached hydrogens (tertiary/aromatic N) is 1. The van der Waals surface area contributed by atoms with E-state index in [1.807, 2.05) is 12.1 Å². The minimum atomic E-state index is -0.552. The molecule has 1 unspecified atom stereocenters. The van der Waals surface area contributed by atoms with Crippen LogP contribution in [-0.2, 0) is 0 Å². The van der Waals surface area contributed by atoms with Crippen molar-refractivity contribution in [2.75, 3.05) is 32.0 Å². The van der Waals surface area contributed by atoms with Gasteiger partial charge in [-0.25, -0.2) is 0 Å². The first-order chi connectivity index (χ1) is 10.2. The maximum Gasteiger partial charge on any atom is 0.142 e. The summed E-state index contributed by atoms with van der Waals surface area (Å²) in [4.78, 5) is 2.27. The lowest BCUT2D eigenvalue weighted by molar-refractivity contribution is 0.0312. The van der Waals surface area contributed by atoms with Gasteiger partial charge >= 0.3 is 0 Å². The van der Waals surface area contributed by atoms with Gasteiger partial charge in [-0.3, -0.25) is 4.90 Å². The Balaban J connectivity index is 1.78. The number of anilines is 1. The van der Waals surface area contributed by atoms with E-state index in [9.17, 15) is 5.11 Å². The quantitative estimate of drug-likeness (QED) is 0.597. The van der Waals surface area contributed by atoms with E-state index in [2.05, 4.69) is 4.90 Å². The highest BCUT2D eigenvalue weighted by molar-refractivity contribution is 5.51. The summed E-state index contributed by atoms with van der Waals surface area (Å²) in [6.45, 7) is 1.83. The van der Waals surface area contributed by atoms with Crippen LogP contribution in [0.5, 0.6) is 5.75 Å². The van der Waals surface area contributed by atoms with Crippen molar-refractivity contribution in [2.45, 2.75) is 37.8 Å². The number of benzene rings is 1. The molecule has 0 amide bonds. The molecule has 0 heterocycles. The molecule has 1 aliphatic carbocycles. The number of para-hydroxylation sites is 2. The van der Waals surface area contributed by atoms with Gasteiger partial charge in [-0.05, 0) is 31.4 Å². The van der Waals surface area contributed by atoms with Crippen molar-refractivity contribution < 1.29 is 14.9 Å². The van der Waals surface area contributed by atoms with Gasteiger partial charge in [-0.1, -0.05) is 18.6 Å². The molecule has 1 fully saturated rings. The zero-order chi connectivity index (χ0) is 15.1. The highest BCUT2D eigenvalue weighted by Gasteiger charge is 2.26. The van der Waals surface area contributed by atoms with Crippen molar-refractivity contribution in [3.63, 3.8) is 0 Å². The average molecular weight is 294 g/mol. The molecular formula is C16H26N2O3. The standard InChI is InChI=1S/C16H26N2O3/c17-15-7-1-2-8-16(15)21-12-14(20)11-18(9-4-10-19)13-5-3-6-13/h1-2,7-8,13-14,19-20H,3-6,9-12,17H2. The van der Waals surface area contributed by atoms with E-state index in [4.69, 9.17) is 15.6 Å². The number of rotatable bonds is 9. The Morgan fingerprint density at radius 2 is 2.10 bits per heavy atom. The molecule has 1 atom stereocenters. The first-order valence-electron chi connectivity index (χ1n) is 7.71. The van der Waals surface area contributed by atoms with E-state index >= 15 is 0 Å². The monoisotopic (exact) mass is 294 g/mol. The van der Waals surface area contributed by atoms with Gasteiger partial charge in [-0.15, -0.1) is 0 Å². The van der Waals surface area contributed by atoms with Crippen molar-refractivity contribution in [2.24, 2.45) is 0 Å². The van der Waals surface area contributed by atoms with E-state index in [0.29, 0.717) is 24.0 Å². The zero-order valence-corrected chi connectivity index (χ0v) is 12.4. The number of ether oxygens (including phenoxy) is 1. The molecule has 0 aromatic heterocycles. The predicted molar refractivity (Wildman–Crippen MR) is 83.3 cm³/mol. The smallest absolute Gasteiger partial charge is 0.142 e. The van der Waals surface area contributed by atoms with Crippen LogP contribution in [0.4, 0.5) is 5.69 Å². The molecule has 1 aliphatic rings. The van der Waals surface area contributed by atoms with Gasteiger partial charge in [0, 0.05) is 25.7 Å². The molecule has 4 N–H and O–H groups in total. The first kappa shape index (κ1) is 16.1. The lowest BCUT2D eigenvalue weighted by Gasteiger charge is -2.38. The Labute approximate surface area is 126 Å². The largest absolute Gasteiger partial charge is 0.489 e. The SMILES string of the molecule is Nc1ccccc1OCC(O)CN(CCCO)C1CCC1. The van der Waals surface area contributed by atoms with E-state index in [1.54, 1.807) is 12.1 Å². The second-order valence-electron chi connectivity index (χ2n) is 5.66. The normalized spacial score (nSPS) is 16.7.